The second kappa shape index (κ2) is 4.80. The van der Waals surface area contributed by atoms with Gasteiger partial charge in [-0.15, -0.1) is 0 Å². The molecule has 0 bridgehead atoms. The lowest BCUT2D eigenvalue weighted by atomic mass is 9.80. The van der Waals surface area contributed by atoms with Crippen LogP contribution >= 0.6 is 0 Å². The summed E-state index contributed by atoms with van der Waals surface area (Å²) in [5, 5.41) is 19.2. The van der Waals surface area contributed by atoms with Gasteiger partial charge >= 0.3 is 0 Å². The van der Waals surface area contributed by atoms with E-state index in [0.29, 0.717) is 5.75 Å². The zero-order valence-electron chi connectivity index (χ0n) is 11.6. The van der Waals surface area contributed by atoms with Crippen molar-refractivity contribution in [1.29, 1.82) is 0 Å². The Morgan fingerprint density at radius 1 is 1.25 bits per heavy atom. The van der Waals surface area contributed by atoms with Crippen LogP contribution in [0.5, 0.6) is 5.75 Å². The minimum Gasteiger partial charge on any atom is -0.508 e. The van der Waals surface area contributed by atoms with Gasteiger partial charge in [-0.2, -0.15) is 0 Å². The number of hydrogen-bond donors (Lipinski definition) is 2. The van der Waals surface area contributed by atoms with Crippen molar-refractivity contribution >= 4 is 6.08 Å². The molecule has 0 amide bonds. The Morgan fingerprint density at radius 3 is 2.75 bits per heavy atom. The fraction of sp³-hybridized carbons (Fsp3) is 0.222. The Hall–Kier alpha value is -2.06. The first-order valence-corrected chi connectivity index (χ1v) is 6.86. The highest BCUT2D eigenvalue weighted by Gasteiger charge is 2.21. The summed E-state index contributed by atoms with van der Waals surface area (Å²) < 4.78 is 0. The summed E-state index contributed by atoms with van der Waals surface area (Å²) >= 11 is 0. The fourth-order valence-electron chi connectivity index (χ4n) is 3.13. The van der Waals surface area contributed by atoms with E-state index in [9.17, 15) is 10.2 Å². The topological polar surface area (TPSA) is 40.5 Å². The Morgan fingerprint density at radius 2 is 2.05 bits per heavy atom. The molecule has 2 heteroatoms. The van der Waals surface area contributed by atoms with Gasteiger partial charge in [0.15, 0.2) is 0 Å². The largest absolute Gasteiger partial charge is 0.508 e. The zero-order valence-corrected chi connectivity index (χ0v) is 11.6. The number of fused-ring (bicyclic) bond motifs is 3. The summed E-state index contributed by atoms with van der Waals surface area (Å²) in [6.07, 6.45) is 3.70. The molecule has 2 N–H and O–H groups in total. The molecule has 1 aliphatic carbocycles. The van der Waals surface area contributed by atoms with Crippen LogP contribution in [0, 0.1) is 6.92 Å². The van der Waals surface area contributed by atoms with E-state index in [0.717, 1.165) is 29.5 Å². The van der Waals surface area contributed by atoms with Gasteiger partial charge in [0.05, 0.1) is 6.61 Å². The first-order chi connectivity index (χ1) is 9.65. The number of phenolic OH excluding ortho intramolecular Hbond substituents is 1. The number of hydrogen-bond acceptors (Lipinski definition) is 2. The number of aliphatic hydroxyl groups is 1. The molecule has 0 saturated heterocycles. The van der Waals surface area contributed by atoms with Crippen LogP contribution in [0.25, 0.3) is 17.2 Å². The Balaban J connectivity index is 2.31. The van der Waals surface area contributed by atoms with Gasteiger partial charge in [0.2, 0.25) is 0 Å². The van der Waals surface area contributed by atoms with Crippen LogP contribution in [0.4, 0.5) is 0 Å². The maximum atomic E-state index is 9.88. The van der Waals surface area contributed by atoms with E-state index in [4.69, 9.17) is 0 Å². The molecule has 2 aromatic rings. The molecular formula is C18H18O2. The molecule has 2 nitrogen and oxygen atoms in total. The van der Waals surface area contributed by atoms with Gasteiger partial charge in [-0.1, -0.05) is 24.8 Å². The summed E-state index contributed by atoms with van der Waals surface area (Å²) in [7, 11) is 0. The highest BCUT2D eigenvalue weighted by atomic mass is 16.3. The fourth-order valence-corrected chi connectivity index (χ4v) is 3.13. The molecule has 0 heterocycles. The third-order valence-corrected chi connectivity index (χ3v) is 4.20. The average Bonchev–Trinajstić information content (AvgIpc) is 2.49. The molecule has 3 rings (SSSR count). The molecule has 2 aromatic carbocycles. The zero-order chi connectivity index (χ0) is 14.3. The summed E-state index contributed by atoms with van der Waals surface area (Å²) in [5.41, 5.74) is 7.80. The van der Waals surface area contributed by atoms with Crippen molar-refractivity contribution in [2.75, 3.05) is 0 Å². The molecule has 1 aliphatic rings. The molecular weight excluding hydrogens is 248 g/mol. The lowest BCUT2D eigenvalue weighted by molar-refractivity contribution is 0.281. The Labute approximate surface area is 119 Å². The van der Waals surface area contributed by atoms with Gasteiger partial charge in [0, 0.05) is 0 Å². The van der Waals surface area contributed by atoms with Gasteiger partial charge in [-0.05, 0) is 70.8 Å². The molecule has 0 aromatic heterocycles. The van der Waals surface area contributed by atoms with Gasteiger partial charge in [0.1, 0.15) is 5.75 Å². The van der Waals surface area contributed by atoms with Crippen LogP contribution in [-0.2, 0) is 19.4 Å². The molecule has 102 valence electrons. The summed E-state index contributed by atoms with van der Waals surface area (Å²) in [4.78, 5) is 0. The quantitative estimate of drug-likeness (QED) is 0.872. The number of benzene rings is 2. The van der Waals surface area contributed by atoms with Gasteiger partial charge in [0.25, 0.3) is 0 Å². The van der Waals surface area contributed by atoms with Crippen molar-refractivity contribution in [3.63, 3.8) is 0 Å². The van der Waals surface area contributed by atoms with Gasteiger partial charge < -0.3 is 10.2 Å². The minimum atomic E-state index is 0.0512. The first-order valence-electron chi connectivity index (χ1n) is 6.86. The lowest BCUT2D eigenvalue weighted by Gasteiger charge is -2.24. The number of aryl methyl sites for hydroxylation is 1. The number of phenols is 1. The van der Waals surface area contributed by atoms with E-state index in [1.165, 1.54) is 22.3 Å². The molecule has 0 radical (unpaired) electrons. The predicted molar refractivity (Wildman–Crippen MR) is 81.7 cm³/mol. The highest BCUT2D eigenvalue weighted by Crippen LogP contribution is 2.40. The van der Waals surface area contributed by atoms with Crippen molar-refractivity contribution in [2.45, 2.75) is 26.4 Å². The van der Waals surface area contributed by atoms with Crippen LogP contribution in [0.15, 0.2) is 30.8 Å². The number of aromatic hydroxyl groups is 1. The van der Waals surface area contributed by atoms with Crippen LogP contribution in [0.1, 0.15) is 27.8 Å². The maximum absolute atomic E-state index is 9.88. The number of aliphatic hydroxyl groups excluding tert-OH is 1. The van der Waals surface area contributed by atoms with E-state index in [2.05, 4.69) is 12.6 Å². The maximum Gasteiger partial charge on any atom is 0.118 e. The van der Waals surface area contributed by atoms with Crippen molar-refractivity contribution < 1.29 is 10.2 Å². The molecule has 0 atom stereocenters. The highest BCUT2D eigenvalue weighted by molar-refractivity contribution is 5.83. The standard InChI is InChI=1S/C18H18O2/c1-3-13-8-12(10-19)9-14-4-5-15-11(2)17(20)7-6-16(15)18(13)14/h3,6-9,19-20H,1,4-5,10H2,2H3. The summed E-state index contributed by atoms with van der Waals surface area (Å²) in [6.45, 7) is 5.91. The van der Waals surface area contributed by atoms with E-state index in [-0.39, 0.29) is 6.61 Å². The van der Waals surface area contributed by atoms with E-state index in [1.807, 2.05) is 25.1 Å². The second-order valence-electron chi connectivity index (χ2n) is 5.32. The normalized spacial score (nSPS) is 12.7. The van der Waals surface area contributed by atoms with E-state index >= 15 is 0 Å². The van der Waals surface area contributed by atoms with E-state index < -0.39 is 0 Å². The lowest BCUT2D eigenvalue weighted by Crippen LogP contribution is -2.08. The summed E-state index contributed by atoms with van der Waals surface area (Å²) in [5.74, 6) is 0.360. The SMILES string of the molecule is C=Cc1cc(CO)cc2c1-c1ccc(O)c(C)c1CC2. The van der Waals surface area contributed by atoms with Crippen molar-refractivity contribution in [3.05, 3.63) is 58.7 Å². The second-order valence-corrected chi connectivity index (χ2v) is 5.32. The first kappa shape index (κ1) is 12.9. The minimum absolute atomic E-state index is 0.0512. The van der Waals surface area contributed by atoms with Crippen molar-refractivity contribution in [2.24, 2.45) is 0 Å². The smallest absolute Gasteiger partial charge is 0.118 e. The monoisotopic (exact) mass is 266 g/mol. The van der Waals surface area contributed by atoms with Crippen molar-refractivity contribution in [3.8, 4) is 16.9 Å². The van der Waals surface area contributed by atoms with Crippen LogP contribution in [0.3, 0.4) is 0 Å². The molecule has 0 saturated carbocycles. The summed E-state index contributed by atoms with van der Waals surface area (Å²) in [6, 6.07) is 7.81. The molecule has 20 heavy (non-hydrogen) atoms. The molecule has 0 fully saturated rings. The van der Waals surface area contributed by atoms with Gasteiger partial charge in [-0.3, -0.25) is 0 Å². The van der Waals surface area contributed by atoms with Crippen LogP contribution < -0.4 is 0 Å². The van der Waals surface area contributed by atoms with Crippen molar-refractivity contribution in [1.82, 2.24) is 0 Å². The predicted octanol–water partition coefficient (Wildman–Crippen LogP) is 3.60. The third kappa shape index (κ3) is 1.84. The van der Waals surface area contributed by atoms with E-state index in [1.54, 1.807) is 6.07 Å². The average molecular weight is 266 g/mol. The van der Waals surface area contributed by atoms with Gasteiger partial charge in [-0.25, -0.2) is 0 Å². The molecule has 0 spiro atoms. The Bertz CT molecular complexity index is 699. The molecule has 0 unspecified atom stereocenters. The third-order valence-electron chi connectivity index (χ3n) is 4.20. The number of rotatable bonds is 2. The van der Waals surface area contributed by atoms with Crippen LogP contribution in [-0.4, -0.2) is 10.2 Å². The Kier molecular flexibility index (Phi) is 3.11. The van der Waals surface area contributed by atoms with Crippen LogP contribution in [0.2, 0.25) is 0 Å². The molecule has 0 aliphatic heterocycles.